The van der Waals surface area contributed by atoms with Gasteiger partial charge in [0.1, 0.15) is 11.5 Å². The Morgan fingerprint density at radius 2 is 2.06 bits per heavy atom. The van der Waals surface area contributed by atoms with Gasteiger partial charge in [-0.05, 0) is 30.3 Å². The second kappa shape index (κ2) is 8.51. The molecule has 1 aromatic carbocycles. The number of nitrogens with zero attached hydrogens (tertiary/aromatic N) is 3. The number of methoxy groups -OCH3 is 2. The molecule has 8 heteroatoms. The van der Waals surface area contributed by atoms with Crippen LogP contribution in [0.5, 0.6) is 11.5 Å². The number of ether oxygens (including phenoxy) is 2. The van der Waals surface area contributed by atoms with Crippen LogP contribution in [-0.4, -0.2) is 54.0 Å². The van der Waals surface area contributed by atoms with Crippen molar-refractivity contribution in [3.63, 3.8) is 0 Å². The number of hydrogen-bond acceptors (Lipinski definition) is 5. The molecule has 1 atom stereocenters. The summed E-state index contributed by atoms with van der Waals surface area (Å²) in [7, 11) is 3.12. The molecule has 1 unspecified atom stereocenters. The highest BCUT2D eigenvalue weighted by Gasteiger charge is 2.44. The topological polar surface area (TPSA) is 84.0 Å². The third-order valence-electron chi connectivity index (χ3n) is 5.44. The highest BCUT2D eigenvalue weighted by molar-refractivity contribution is 6.01. The standard InChI is InChI=1S/C23H24N4O4/c1-4-11-27-18-14-26(13-15-7-5-6-10-24-15)22(28)20(18)21(25-23(27)29)17-12-16(30-2)8-9-19(17)31-3/h4-10,12,21H,1,11,13-14H2,2-3H3,(H,25,29). The fourth-order valence-corrected chi connectivity index (χ4v) is 3.98. The van der Waals surface area contributed by atoms with E-state index < -0.39 is 6.04 Å². The molecule has 0 spiro atoms. The van der Waals surface area contributed by atoms with Crippen LogP contribution in [0, 0.1) is 0 Å². The van der Waals surface area contributed by atoms with Crippen LogP contribution >= 0.6 is 0 Å². The Morgan fingerprint density at radius 1 is 1.23 bits per heavy atom. The maximum absolute atomic E-state index is 13.5. The quantitative estimate of drug-likeness (QED) is 0.697. The van der Waals surface area contributed by atoms with Crippen LogP contribution in [0.3, 0.4) is 0 Å². The molecular formula is C23H24N4O4. The summed E-state index contributed by atoms with van der Waals surface area (Å²) in [5, 5.41) is 2.96. The third-order valence-corrected chi connectivity index (χ3v) is 5.44. The van der Waals surface area contributed by atoms with Gasteiger partial charge in [0, 0.05) is 18.3 Å². The number of hydrogen-bond donors (Lipinski definition) is 1. The van der Waals surface area contributed by atoms with Gasteiger partial charge in [0.05, 0.1) is 50.3 Å². The van der Waals surface area contributed by atoms with Crippen LogP contribution in [0.15, 0.2) is 66.5 Å². The van der Waals surface area contributed by atoms with E-state index in [1.807, 2.05) is 18.2 Å². The second-order valence-corrected chi connectivity index (χ2v) is 7.23. The molecule has 1 N–H and O–H groups in total. The van der Waals surface area contributed by atoms with E-state index in [1.165, 1.54) is 0 Å². The van der Waals surface area contributed by atoms with Gasteiger partial charge in [0.2, 0.25) is 0 Å². The molecule has 3 heterocycles. The molecule has 1 aromatic heterocycles. The average molecular weight is 420 g/mol. The van der Waals surface area contributed by atoms with E-state index in [0.717, 1.165) is 5.69 Å². The molecule has 8 nitrogen and oxygen atoms in total. The molecule has 2 aromatic rings. The summed E-state index contributed by atoms with van der Waals surface area (Å²) in [4.78, 5) is 34.0. The Balaban J connectivity index is 1.77. The minimum Gasteiger partial charge on any atom is -0.497 e. The van der Waals surface area contributed by atoms with Gasteiger partial charge in [-0.3, -0.25) is 14.7 Å². The first-order valence-electron chi connectivity index (χ1n) is 9.90. The lowest BCUT2D eigenvalue weighted by Crippen LogP contribution is -2.47. The van der Waals surface area contributed by atoms with E-state index in [1.54, 1.807) is 54.5 Å². The first kappa shape index (κ1) is 20.5. The Bertz CT molecular complexity index is 1050. The van der Waals surface area contributed by atoms with Gasteiger partial charge in [-0.1, -0.05) is 12.1 Å². The number of rotatable bonds is 7. The van der Waals surface area contributed by atoms with E-state index >= 15 is 0 Å². The summed E-state index contributed by atoms with van der Waals surface area (Å²) >= 11 is 0. The number of benzene rings is 1. The van der Waals surface area contributed by atoms with Gasteiger partial charge < -0.3 is 19.7 Å². The van der Waals surface area contributed by atoms with Gasteiger partial charge in [-0.25, -0.2) is 4.79 Å². The highest BCUT2D eigenvalue weighted by atomic mass is 16.5. The maximum Gasteiger partial charge on any atom is 0.322 e. The molecule has 0 bridgehead atoms. The minimum atomic E-state index is -0.658. The summed E-state index contributed by atoms with van der Waals surface area (Å²) in [6, 6.07) is 9.96. The van der Waals surface area contributed by atoms with Crippen LogP contribution in [0.2, 0.25) is 0 Å². The largest absolute Gasteiger partial charge is 0.497 e. The normalized spacial score (nSPS) is 18.1. The summed E-state index contributed by atoms with van der Waals surface area (Å²) < 4.78 is 10.9. The fourth-order valence-electron chi connectivity index (χ4n) is 3.98. The molecular weight excluding hydrogens is 396 g/mol. The van der Waals surface area contributed by atoms with Gasteiger partial charge in [-0.15, -0.1) is 6.58 Å². The van der Waals surface area contributed by atoms with E-state index in [4.69, 9.17) is 9.47 Å². The molecule has 160 valence electrons. The number of aromatic nitrogens is 1. The second-order valence-electron chi connectivity index (χ2n) is 7.23. The summed E-state index contributed by atoms with van der Waals surface area (Å²) in [6.45, 7) is 4.72. The predicted molar refractivity (Wildman–Crippen MR) is 114 cm³/mol. The molecule has 0 saturated heterocycles. The molecule has 0 saturated carbocycles. The number of carbonyl (C=O) groups excluding carboxylic acids is 2. The van der Waals surface area contributed by atoms with Crippen molar-refractivity contribution in [2.75, 3.05) is 27.3 Å². The summed E-state index contributed by atoms with van der Waals surface area (Å²) in [5.74, 6) is 1.02. The van der Waals surface area contributed by atoms with Crippen LogP contribution in [0.25, 0.3) is 0 Å². The lowest BCUT2D eigenvalue weighted by molar-refractivity contribution is -0.126. The van der Waals surface area contributed by atoms with Crippen molar-refractivity contribution in [2.45, 2.75) is 12.6 Å². The Hall–Kier alpha value is -3.81. The average Bonchev–Trinajstić information content (AvgIpc) is 3.11. The molecule has 2 aliphatic heterocycles. The van der Waals surface area contributed by atoms with Crippen molar-refractivity contribution in [3.8, 4) is 11.5 Å². The zero-order valence-electron chi connectivity index (χ0n) is 17.5. The molecule has 3 amide bonds. The van der Waals surface area contributed by atoms with Crippen LogP contribution in [0.1, 0.15) is 17.3 Å². The highest BCUT2D eigenvalue weighted by Crippen LogP contribution is 2.40. The SMILES string of the molecule is C=CCN1C(=O)NC(c2cc(OC)ccc2OC)C2=C1CN(Cc1ccccn1)C2=O. The molecule has 4 rings (SSSR count). The number of amides is 3. The van der Waals surface area contributed by atoms with Gasteiger partial charge in [0.25, 0.3) is 5.91 Å². The van der Waals surface area contributed by atoms with Crippen LogP contribution < -0.4 is 14.8 Å². The Kier molecular flexibility index (Phi) is 5.62. The number of pyridine rings is 1. The van der Waals surface area contributed by atoms with E-state index in [-0.39, 0.29) is 11.9 Å². The van der Waals surface area contributed by atoms with Crippen molar-refractivity contribution in [3.05, 3.63) is 77.8 Å². The van der Waals surface area contributed by atoms with Crippen LogP contribution in [0.4, 0.5) is 4.79 Å². The van der Waals surface area contributed by atoms with E-state index in [0.29, 0.717) is 48.0 Å². The molecule has 31 heavy (non-hydrogen) atoms. The van der Waals surface area contributed by atoms with Gasteiger partial charge in [0.15, 0.2) is 0 Å². The zero-order chi connectivity index (χ0) is 22.0. The van der Waals surface area contributed by atoms with E-state index in [9.17, 15) is 9.59 Å². The first-order chi connectivity index (χ1) is 15.1. The van der Waals surface area contributed by atoms with Gasteiger partial charge >= 0.3 is 6.03 Å². The predicted octanol–water partition coefficient (Wildman–Crippen LogP) is 2.65. The Labute approximate surface area is 180 Å². The lowest BCUT2D eigenvalue weighted by Gasteiger charge is -2.33. The number of carbonyl (C=O) groups is 2. The van der Waals surface area contributed by atoms with Crippen molar-refractivity contribution >= 4 is 11.9 Å². The molecule has 0 radical (unpaired) electrons. The monoisotopic (exact) mass is 420 g/mol. The van der Waals surface area contributed by atoms with Crippen molar-refractivity contribution in [2.24, 2.45) is 0 Å². The van der Waals surface area contributed by atoms with Gasteiger partial charge in [-0.2, -0.15) is 0 Å². The molecule has 0 fully saturated rings. The third kappa shape index (κ3) is 3.72. The first-order valence-corrected chi connectivity index (χ1v) is 9.90. The summed E-state index contributed by atoms with van der Waals surface area (Å²) in [6.07, 6.45) is 3.34. The van der Waals surface area contributed by atoms with E-state index in [2.05, 4.69) is 16.9 Å². The summed E-state index contributed by atoms with van der Waals surface area (Å²) in [5.41, 5.74) is 2.62. The Morgan fingerprint density at radius 3 is 2.74 bits per heavy atom. The lowest BCUT2D eigenvalue weighted by atomic mass is 9.94. The molecule has 0 aliphatic carbocycles. The maximum atomic E-state index is 13.5. The van der Waals surface area contributed by atoms with Crippen LogP contribution in [-0.2, 0) is 11.3 Å². The molecule has 2 aliphatic rings. The number of urea groups is 1. The van der Waals surface area contributed by atoms with Crippen molar-refractivity contribution in [1.29, 1.82) is 0 Å². The van der Waals surface area contributed by atoms with Crippen molar-refractivity contribution < 1.29 is 19.1 Å². The minimum absolute atomic E-state index is 0.149. The fraction of sp³-hybridized carbons (Fsp3) is 0.261. The van der Waals surface area contributed by atoms with Crippen molar-refractivity contribution in [1.82, 2.24) is 20.1 Å². The zero-order valence-corrected chi connectivity index (χ0v) is 17.5. The number of nitrogens with one attached hydrogen (secondary N) is 1. The smallest absolute Gasteiger partial charge is 0.322 e.